The number of amides is 1. The van der Waals surface area contributed by atoms with Gasteiger partial charge in [0, 0.05) is 25.2 Å². The van der Waals surface area contributed by atoms with Crippen molar-refractivity contribution in [1.82, 2.24) is 16.0 Å². The van der Waals surface area contributed by atoms with Crippen molar-refractivity contribution in [1.29, 1.82) is 0 Å². The second-order valence-corrected chi connectivity index (χ2v) is 7.40. The zero-order chi connectivity index (χ0) is 18.3. The van der Waals surface area contributed by atoms with Gasteiger partial charge in [0.15, 0.2) is 12.6 Å². The maximum absolute atomic E-state index is 11.6. The van der Waals surface area contributed by atoms with Crippen LogP contribution in [0.3, 0.4) is 0 Å². The molecule has 0 atom stereocenters. The van der Waals surface area contributed by atoms with E-state index in [4.69, 9.17) is 4.74 Å². The molecule has 1 saturated carbocycles. The van der Waals surface area contributed by atoms with Crippen LogP contribution in [-0.2, 0) is 11.2 Å². The van der Waals surface area contributed by atoms with Crippen molar-refractivity contribution in [3.8, 4) is 5.75 Å². The summed E-state index contributed by atoms with van der Waals surface area (Å²) in [5.74, 6) is 1.47. The number of carbonyl (C=O) groups excluding carboxylic acids is 1. The van der Waals surface area contributed by atoms with Gasteiger partial charge in [-0.1, -0.05) is 12.1 Å². The van der Waals surface area contributed by atoms with Gasteiger partial charge < -0.3 is 20.7 Å². The van der Waals surface area contributed by atoms with Crippen LogP contribution < -0.4 is 20.7 Å². The standard InChI is InChI=1S/C19H30N4O2/c1-19(2,3)23-18(20-4)21-12-11-14-5-9-16(10-6-14)25-13-17(24)22-15-7-8-15/h5-6,9-10,15H,7-8,11-13H2,1-4H3,(H,22,24)(H2,20,21,23). The summed E-state index contributed by atoms with van der Waals surface area (Å²) in [6, 6.07) is 8.23. The predicted molar refractivity (Wildman–Crippen MR) is 101 cm³/mol. The summed E-state index contributed by atoms with van der Waals surface area (Å²) in [5, 5.41) is 9.54. The molecule has 0 unspecified atom stereocenters. The number of ether oxygens (including phenoxy) is 1. The van der Waals surface area contributed by atoms with Crippen molar-refractivity contribution in [2.75, 3.05) is 20.2 Å². The second-order valence-electron chi connectivity index (χ2n) is 7.40. The molecule has 0 radical (unpaired) electrons. The zero-order valence-electron chi connectivity index (χ0n) is 15.7. The van der Waals surface area contributed by atoms with Gasteiger partial charge in [-0.15, -0.1) is 0 Å². The highest BCUT2D eigenvalue weighted by Crippen LogP contribution is 2.18. The molecule has 1 aliphatic rings. The molecule has 1 fully saturated rings. The first kappa shape index (κ1) is 19.1. The Morgan fingerprint density at radius 3 is 2.48 bits per heavy atom. The lowest BCUT2D eigenvalue weighted by Crippen LogP contribution is -2.48. The normalized spacial score (nSPS) is 14.8. The summed E-state index contributed by atoms with van der Waals surface area (Å²) >= 11 is 0. The third kappa shape index (κ3) is 7.92. The zero-order valence-corrected chi connectivity index (χ0v) is 15.7. The van der Waals surface area contributed by atoms with E-state index < -0.39 is 0 Å². The van der Waals surface area contributed by atoms with Crippen molar-refractivity contribution in [2.45, 2.75) is 51.6 Å². The molecule has 3 N–H and O–H groups in total. The Morgan fingerprint density at radius 1 is 1.24 bits per heavy atom. The minimum atomic E-state index is -0.0477. The third-order valence-corrected chi connectivity index (χ3v) is 3.66. The molecule has 1 aromatic carbocycles. The molecule has 0 bridgehead atoms. The van der Waals surface area contributed by atoms with Crippen molar-refractivity contribution in [3.05, 3.63) is 29.8 Å². The van der Waals surface area contributed by atoms with Crippen LogP contribution in [0.15, 0.2) is 29.3 Å². The number of hydrogen-bond acceptors (Lipinski definition) is 3. The quantitative estimate of drug-likeness (QED) is 0.520. The first-order valence-electron chi connectivity index (χ1n) is 8.85. The van der Waals surface area contributed by atoms with E-state index in [9.17, 15) is 4.79 Å². The van der Waals surface area contributed by atoms with Gasteiger partial charge in [-0.3, -0.25) is 9.79 Å². The van der Waals surface area contributed by atoms with Gasteiger partial charge in [0.2, 0.25) is 0 Å². The Bertz CT molecular complexity index is 586. The molecule has 0 saturated heterocycles. The monoisotopic (exact) mass is 346 g/mol. The average molecular weight is 346 g/mol. The van der Waals surface area contributed by atoms with Gasteiger partial charge in [0.05, 0.1) is 0 Å². The summed E-state index contributed by atoms with van der Waals surface area (Å²) in [5.41, 5.74) is 1.18. The minimum Gasteiger partial charge on any atom is -0.484 e. The fourth-order valence-electron chi connectivity index (χ4n) is 2.26. The van der Waals surface area contributed by atoms with E-state index >= 15 is 0 Å². The fourth-order valence-corrected chi connectivity index (χ4v) is 2.26. The second kappa shape index (κ2) is 8.74. The van der Waals surface area contributed by atoms with Crippen LogP contribution in [0.5, 0.6) is 5.75 Å². The van der Waals surface area contributed by atoms with Gasteiger partial charge in [0.1, 0.15) is 5.75 Å². The number of rotatable bonds is 7. The molecule has 0 spiro atoms. The third-order valence-electron chi connectivity index (χ3n) is 3.66. The van der Waals surface area contributed by atoms with Crippen molar-refractivity contribution >= 4 is 11.9 Å². The molecule has 138 valence electrons. The predicted octanol–water partition coefficient (Wildman–Crippen LogP) is 1.85. The Hall–Kier alpha value is -2.24. The van der Waals surface area contributed by atoms with Crippen molar-refractivity contribution in [3.63, 3.8) is 0 Å². The van der Waals surface area contributed by atoms with Crippen LogP contribution in [0, 0.1) is 0 Å². The average Bonchev–Trinajstić information content (AvgIpc) is 3.36. The van der Waals surface area contributed by atoms with E-state index in [0.717, 1.165) is 31.8 Å². The number of nitrogens with one attached hydrogen (secondary N) is 3. The van der Waals surface area contributed by atoms with Crippen LogP contribution in [0.2, 0.25) is 0 Å². The van der Waals surface area contributed by atoms with E-state index in [1.165, 1.54) is 5.56 Å². The van der Waals surface area contributed by atoms with Crippen LogP contribution in [0.1, 0.15) is 39.2 Å². The van der Waals surface area contributed by atoms with E-state index in [1.807, 2.05) is 24.3 Å². The van der Waals surface area contributed by atoms with Crippen molar-refractivity contribution in [2.24, 2.45) is 4.99 Å². The lowest BCUT2D eigenvalue weighted by atomic mass is 10.1. The number of carbonyl (C=O) groups is 1. The maximum Gasteiger partial charge on any atom is 0.258 e. The van der Waals surface area contributed by atoms with E-state index in [0.29, 0.717) is 11.8 Å². The van der Waals surface area contributed by atoms with Gasteiger partial charge in [0.25, 0.3) is 5.91 Å². The lowest BCUT2D eigenvalue weighted by molar-refractivity contribution is -0.123. The smallest absolute Gasteiger partial charge is 0.258 e. The summed E-state index contributed by atoms with van der Waals surface area (Å²) in [6.07, 6.45) is 3.06. The van der Waals surface area contributed by atoms with Crippen LogP contribution >= 0.6 is 0 Å². The Morgan fingerprint density at radius 2 is 1.92 bits per heavy atom. The van der Waals surface area contributed by atoms with Crippen LogP contribution in [0.4, 0.5) is 0 Å². The minimum absolute atomic E-state index is 0.0212. The van der Waals surface area contributed by atoms with E-state index in [-0.39, 0.29) is 18.1 Å². The topological polar surface area (TPSA) is 74.8 Å². The number of guanidine groups is 1. The molecular formula is C19H30N4O2. The molecule has 0 aromatic heterocycles. The highest BCUT2D eigenvalue weighted by atomic mass is 16.5. The van der Waals surface area contributed by atoms with Gasteiger partial charge in [-0.05, 0) is 57.7 Å². The number of benzene rings is 1. The molecule has 1 amide bonds. The molecule has 25 heavy (non-hydrogen) atoms. The molecule has 1 aliphatic carbocycles. The van der Waals surface area contributed by atoms with Crippen LogP contribution in [0.25, 0.3) is 0 Å². The maximum atomic E-state index is 11.6. The number of aliphatic imine (C=N–C) groups is 1. The molecule has 6 heteroatoms. The molecule has 6 nitrogen and oxygen atoms in total. The SMILES string of the molecule is CN=C(NCCc1ccc(OCC(=O)NC2CC2)cc1)NC(C)(C)C. The van der Waals surface area contributed by atoms with Gasteiger partial charge >= 0.3 is 0 Å². The first-order chi connectivity index (χ1) is 11.9. The molecule has 0 heterocycles. The highest BCUT2D eigenvalue weighted by Gasteiger charge is 2.23. The lowest BCUT2D eigenvalue weighted by Gasteiger charge is -2.23. The Labute approximate surface area is 150 Å². The highest BCUT2D eigenvalue weighted by molar-refractivity contribution is 5.80. The fraction of sp³-hybridized carbons (Fsp3) is 0.579. The summed E-state index contributed by atoms with van der Waals surface area (Å²) < 4.78 is 5.51. The molecule has 1 aromatic rings. The van der Waals surface area contributed by atoms with E-state index in [2.05, 4.69) is 41.7 Å². The summed E-state index contributed by atoms with van der Waals surface area (Å²) in [7, 11) is 1.77. The molecule has 0 aliphatic heterocycles. The Balaban J connectivity index is 1.69. The molecule has 2 rings (SSSR count). The Kier molecular flexibility index (Phi) is 6.67. The summed E-state index contributed by atoms with van der Waals surface area (Å²) in [4.78, 5) is 15.8. The van der Waals surface area contributed by atoms with Crippen molar-refractivity contribution < 1.29 is 9.53 Å². The van der Waals surface area contributed by atoms with Crippen LogP contribution in [-0.4, -0.2) is 43.6 Å². The largest absolute Gasteiger partial charge is 0.484 e. The number of hydrogen-bond donors (Lipinski definition) is 3. The number of nitrogens with zero attached hydrogens (tertiary/aromatic N) is 1. The molecular weight excluding hydrogens is 316 g/mol. The van der Waals surface area contributed by atoms with Gasteiger partial charge in [-0.2, -0.15) is 0 Å². The van der Waals surface area contributed by atoms with Gasteiger partial charge in [-0.25, -0.2) is 0 Å². The first-order valence-corrected chi connectivity index (χ1v) is 8.85. The van der Waals surface area contributed by atoms with E-state index in [1.54, 1.807) is 7.05 Å². The summed E-state index contributed by atoms with van der Waals surface area (Å²) in [6.45, 7) is 7.17.